The number of carboxylic acids is 1. The Morgan fingerprint density at radius 1 is 0.778 bits per heavy atom. The zero-order chi connectivity index (χ0) is 14.2. The number of nitrogens with two attached hydrogens (primary N) is 2. The summed E-state index contributed by atoms with van der Waals surface area (Å²) in [5, 5.41) is 9.13. The summed E-state index contributed by atoms with van der Waals surface area (Å²) >= 11 is 5.20. The summed E-state index contributed by atoms with van der Waals surface area (Å²) in [6, 6.07) is 0. The molecule has 0 atom stereocenters. The standard InChI is InChI=1S/C9H5I3N2O4/c10-4-1(7(13)15)5(11)3(9(17)18)6(12)2(4)8(14)16/h(H2,13,15)(H2,14,16)(H,17,18). The normalized spacial score (nSPS) is 10.2. The molecule has 96 valence electrons. The van der Waals surface area contributed by atoms with Crippen LogP contribution < -0.4 is 11.5 Å². The summed E-state index contributed by atoms with van der Waals surface area (Å²) < 4.78 is 0.671. The fourth-order valence-electron chi connectivity index (χ4n) is 1.28. The Kier molecular flexibility index (Phi) is 5.16. The van der Waals surface area contributed by atoms with Gasteiger partial charge in [-0.1, -0.05) is 0 Å². The summed E-state index contributed by atoms with van der Waals surface area (Å²) in [6.45, 7) is 0. The number of rotatable bonds is 3. The highest BCUT2D eigenvalue weighted by molar-refractivity contribution is 14.1. The molecule has 0 aliphatic heterocycles. The third kappa shape index (κ3) is 2.71. The molecule has 0 spiro atoms. The maximum atomic E-state index is 11.4. The van der Waals surface area contributed by atoms with Gasteiger partial charge in [0.05, 0.1) is 16.7 Å². The van der Waals surface area contributed by atoms with E-state index >= 15 is 0 Å². The van der Waals surface area contributed by atoms with Crippen molar-refractivity contribution in [2.75, 3.05) is 0 Å². The summed E-state index contributed by atoms with van der Waals surface area (Å²) in [7, 11) is 0. The Morgan fingerprint density at radius 2 is 1.06 bits per heavy atom. The first-order chi connectivity index (χ1) is 8.20. The molecule has 1 rings (SSSR count). The minimum atomic E-state index is -1.25. The predicted octanol–water partition coefficient (Wildman–Crippen LogP) is 1.40. The molecule has 0 unspecified atom stereocenters. The largest absolute Gasteiger partial charge is 0.478 e. The lowest BCUT2D eigenvalue weighted by Crippen LogP contribution is -2.24. The number of benzene rings is 1. The molecule has 5 N–H and O–H groups in total. The van der Waals surface area contributed by atoms with Crippen LogP contribution in [0.2, 0.25) is 0 Å². The highest BCUT2D eigenvalue weighted by atomic mass is 127. The minimum absolute atomic E-state index is 0.00261. The topological polar surface area (TPSA) is 123 Å². The van der Waals surface area contributed by atoms with E-state index in [0.717, 1.165) is 0 Å². The van der Waals surface area contributed by atoms with Gasteiger partial charge in [0.25, 0.3) is 11.8 Å². The fraction of sp³-hybridized carbons (Fsp3) is 0. The fourth-order valence-corrected chi connectivity index (χ4v) is 5.98. The second-order valence-electron chi connectivity index (χ2n) is 3.10. The van der Waals surface area contributed by atoms with E-state index in [2.05, 4.69) is 0 Å². The van der Waals surface area contributed by atoms with Crippen LogP contribution in [0, 0.1) is 10.7 Å². The number of carbonyl (C=O) groups is 3. The lowest BCUT2D eigenvalue weighted by atomic mass is 10.0. The first-order valence-electron chi connectivity index (χ1n) is 4.23. The number of carboxylic acid groups (broad SMARTS) is 1. The molecule has 0 aromatic heterocycles. The summed E-state index contributed by atoms with van der Waals surface area (Å²) in [6.07, 6.45) is 0. The van der Waals surface area contributed by atoms with Crippen molar-refractivity contribution in [1.82, 2.24) is 0 Å². The molecule has 1 aromatic carbocycles. The maximum Gasteiger partial charge on any atom is 0.337 e. The Balaban J connectivity index is 3.94. The molecule has 6 nitrogen and oxygen atoms in total. The zero-order valence-electron chi connectivity index (χ0n) is 8.46. The van der Waals surface area contributed by atoms with E-state index in [4.69, 9.17) is 16.6 Å². The van der Waals surface area contributed by atoms with Gasteiger partial charge in [0, 0.05) is 10.7 Å². The molecular weight excluding hydrogens is 581 g/mol. The van der Waals surface area contributed by atoms with E-state index in [1.54, 1.807) is 67.8 Å². The van der Waals surface area contributed by atoms with E-state index in [0.29, 0.717) is 0 Å². The van der Waals surface area contributed by atoms with Crippen molar-refractivity contribution in [2.45, 2.75) is 0 Å². The molecule has 9 heteroatoms. The molecular formula is C9H5I3N2O4. The number of primary amides is 2. The van der Waals surface area contributed by atoms with Crippen LogP contribution in [0.1, 0.15) is 31.1 Å². The van der Waals surface area contributed by atoms with E-state index < -0.39 is 17.8 Å². The molecule has 1 aromatic rings. The van der Waals surface area contributed by atoms with E-state index in [1.165, 1.54) is 0 Å². The summed E-state index contributed by atoms with van der Waals surface area (Å²) in [4.78, 5) is 33.9. The van der Waals surface area contributed by atoms with Gasteiger partial charge in [0.15, 0.2) is 0 Å². The van der Waals surface area contributed by atoms with Crippen LogP contribution in [-0.2, 0) is 0 Å². The molecule has 0 fully saturated rings. The van der Waals surface area contributed by atoms with Crippen molar-refractivity contribution in [3.8, 4) is 0 Å². The van der Waals surface area contributed by atoms with Crippen LogP contribution in [0.15, 0.2) is 0 Å². The van der Waals surface area contributed by atoms with E-state index in [9.17, 15) is 14.4 Å². The lowest BCUT2D eigenvalue weighted by molar-refractivity contribution is 0.0694. The Hall–Kier alpha value is -0.180. The number of amides is 2. The van der Waals surface area contributed by atoms with E-state index in [1.807, 2.05) is 0 Å². The zero-order valence-corrected chi connectivity index (χ0v) is 14.9. The van der Waals surface area contributed by atoms with Crippen LogP contribution in [0.5, 0.6) is 0 Å². The first kappa shape index (κ1) is 15.9. The van der Waals surface area contributed by atoms with Crippen LogP contribution in [0.4, 0.5) is 0 Å². The van der Waals surface area contributed by atoms with Gasteiger partial charge < -0.3 is 16.6 Å². The second kappa shape index (κ2) is 5.85. The maximum absolute atomic E-state index is 11.4. The van der Waals surface area contributed by atoms with Crippen molar-refractivity contribution < 1.29 is 19.5 Å². The average Bonchev–Trinajstić information content (AvgIpc) is 2.14. The molecule has 0 aliphatic rings. The molecule has 0 aliphatic carbocycles. The van der Waals surface area contributed by atoms with Crippen LogP contribution in [0.25, 0.3) is 0 Å². The second-order valence-corrected chi connectivity index (χ2v) is 6.34. The molecule has 0 saturated carbocycles. The van der Waals surface area contributed by atoms with Crippen molar-refractivity contribution >= 4 is 85.6 Å². The quantitative estimate of drug-likeness (QED) is 0.464. The number of hydrogen-bond donors (Lipinski definition) is 3. The van der Waals surface area contributed by atoms with Gasteiger partial charge in [-0.2, -0.15) is 0 Å². The molecule has 0 bridgehead atoms. The highest BCUT2D eigenvalue weighted by Crippen LogP contribution is 2.31. The third-order valence-electron chi connectivity index (χ3n) is 2.02. The molecule has 2 amide bonds. The molecule has 18 heavy (non-hydrogen) atoms. The van der Waals surface area contributed by atoms with Gasteiger partial charge in [-0.3, -0.25) is 9.59 Å². The molecule has 0 radical (unpaired) electrons. The highest BCUT2D eigenvalue weighted by Gasteiger charge is 2.28. The average molecular weight is 586 g/mol. The van der Waals surface area contributed by atoms with Gasteiger partial charge in [0.2, 0.25) is 0 Å². The third-order valence-corrected chi connectivity index (χ3v) is 5.26. The number of carbonyl (C=O) groups excluding carboxylic acids is 2. The lowest BCUT2D eigenvalue weighted by Gasteiger charge is -2.13. The Bertz CT molecular complexity index is 484. The minimum Gasteiger partial charge on any atom is -0.478 e. The molecule has 0 saturated heterocycles. The Morgan fingerprint density at radius 3 is 1.28 bits per heavy atom. The summed E-state index contributed by atoms with van der Waals surface area (Å²) in [5.41, 5.74) is 10.3. The Labute approximate surface area is 142 Å². The van der Waals surface area contributed by atoms with Crippen molar-refractivity contribution in [2.24, 2.45) is 11.5 Å². The predicted molar refractivity (Wildman–Crippen MR) is 88.6 cm³/mol. The van der Waals surface area contributed by atoms with Gasteiger partial charge in [0.1, 0.15) is 0 Å². The van der Waals surface area contributed by atoms with Crippen molar-refractivity contribution in [1.29, 1.82) is 0 Å². The number of aromatic carboxylic acids is 1. The number of hydrogen-bond acceptors (Lipinski definition) is 3. The van der Waals surface area contributed by atoms with Gasteiger partial charge in [-0.05, 0) is 67.8 Å². The van der Waals surface area contributed by atoms with Crippen molar-refractivity contribution in [3.05, 3.63) is 27.4 Å². The monoisotopic (exact) mass is 586 g/mol. The number of halogens is 3. The van der Waals surface area contributed by atoms with Crippen LogP contribution >= 0.6 is 67.8 Å². The van der Waals surface area contributed by atoms with Crippen LogP contribution in [0.3, 0.4) is 0 Å². The first-order valence-corrected chi connectivity index (χ1v) is 7.47. The van der Waals surface area contributed by atoms with Crippen LogP contribution in [-0.4, -0.2) is 22.9 Å². The van der Waals surface area contributed by atoms with Gasteiger partial charge in [-0.15, -0.1) is 0 Å². The van der Waals surface area contributed by atoms with Gasteiger partial charge in [-0.25, -0.2) is 4.79 Å². The summed E-state index contributed by atoms with van der Waals surface area (Å²) in [5.74, 6) is -2.85. The van der Waals surface area contributed by atoms with Gasteiger partial charge >= 0.3 is 5.97 Å². The van der Waals surface area contributed by atoms with Crippen molar-refractivity contribution in [3.63, 3.8) is 0 Å². The van der Waals surface area contributed by atoms with E-state index in [-0.39, 0.29) is 27.4 Å². The SMILES string of the molecule is NC(=O)c1c(I)c(C(N)=O)c(I)c(C(=O)O)c1I. The smallest absolute Gasteiger partial charge is 0.337 e. The molecule has 0 heterocycles.